The molecule has 1 fully saturated rings. The predicted octanol–water partition coefficient (Wildman–Crippen LogP) is 3.72. The quantitative estimate of drug-likeness (QED) is 0.845. The first-order valence-electron chi connectivity index (χ1n) is 9.11. The maximum Gasteiger partial charge on any atom is 0.240 e. The number of carbonyl (C=O) groups is 2. The molecule has 0 saturated heterocycles. The molecule has 4 heteroatoms. The summed E-state index contributed by atoms with van der Waals surface area (Å²) in [6.45, 7) is 4.31. The van der Waals surface area contributed by atoms with E-state index in [1.807, 2.05) is 37.3 Å². The molecule has 1 aliphatic carbocycles. The Kier molecular flexibility index (Phi) is 5.37. The van der Waals surface area contributed by atoms with Gasteiger partial charge in [-0.05, 0) is 43.4 Å². The fourth-order valence-electron chi connectivity index (χ4n) is 3.66. The molecule has 0 bridgehead atoms. The molecule has 2 aromatic rings. The molecule has 1 heterocycles. The van der Waals surface area contributed by atoms with E-state index >= 15 is 0 Å². The molecule has 0 spiro atoms. The van der Waals surface area contributed by atoms with Crippen molar-refractivity contribution < 1.29 is 9.59 Å². The first kappa shape index (κ1) is 17.5. The van der Waals surface area contributed by atoms with Gasteiger partial charge < -0.3 is 9.88 Å². The van der Waals surface area contributed by atoms with Crippen LogP contribution in [0.3, 0.4) is 0 Å². The Morgan fingerprint density at radius 2 is 1.88 bits per heavy atom. The Balaban J connectivity index is 1.70. The lowest BCUT2D eigenvalue weighted by atomic mass is 9.86. The average Bonchev–Trinajstić information content (AvgIpc) is 3.05. The van der Waals surface area contributed by atoms with Crippen LogP contribution in [0, 0.1) is 12.8 Å². The van der Waals surface area contributed by atoms with Crippen LogP contribution in [-0.4, -0.2) is 22.3 Å². The van der Waals surface area contributed by atoms with E-state index in [9.17, 15) is 9.59 Å². The van der Waals surface area contributed by atoms with Gasteiger partial charge in [0.1, 0.15) is 6.54 Å². The maximum absolute atomic E-state index is 12.8. The second kappa shape index (κ2) is 7.68. The van der Waals surface area contributed by atoms with E-state index in [2.05, 4.69) is 12.2 Å². The molecule has 1 aromatic heterocycles. The molecule has 0 aliphatic heterocycles. The normalized spacial score (nSPS) is 20.2. The van der Waals surface area contributed by atoms with Crippen molar-refractivity contribution in [3.8, 4) is 0 Å². The fourth-order valence-corrected chi connectivity index (χ4v) is 3.66. The van der Waals surface area contributed by atoms with Crippen LogP contribution in [0.15, 0.2) is 42.6 Å². The number of amides is 1. The van der Waals surface area contributed by atoms with E-state index in [0.29, 0.717) is 17.2 Å². The summed E-state index contributed by atoms with van der Waals surface area (Å²) in [7, 11) is 0. The van der Waals surface area contributed by atoms with Crippen LogP contribution in [0.2, 0.25) is 0 Å². The highest BCUT2D eigenvalue weighted by atomic mass is 16.2. The summed E-state index contributed by atoms with van der Waals surface area (Å²) in [6.07, 6.45) is 6.45. The van der Waals surface area contributed by atoms with Crippen LogP contribution in [0.25, 0.3) is 0 Å². The molecule has 1 N–H and O–H groups in total. The molecule has 132 valence electrons. The third-order valence-electron chi connectivity index (χ3n) is 5.22. The number of hydrogen-bond acceptors (Lipinski definition) is 2. The number of ketones is 1. The lowest BCUT2D eigenvalue weighted by molar-refractivity contribution is -0.122. The number of benzene rings is 1. The summed E-state index contributed by atoms with van der Waals surface area (Å²) in [5.41, 5.74) is 2.19. The topological polar surface area (TPSA) is 51.1 Å². The third kappa shape index (κ3) is 4.01. The Labute approximate surface area is 149 Å². The zero-order valence-electron chi connectivity index (χ0n) is 15.0. The number of carbonyl (C=O) groups excluding carboxylic acids is 2. The van der Waals surface area contributed by atoms with Crippen molar-refractivity contribution in [1.82, 2.24) is 9.88 Å². The van der Waals surface area contributed by atoms with Gasteiger partial charge in [-0.25, -0.2) is 0 Å². The van der Waals surface area contributed by atoms with Crippen LogP contribution in [0.4, 0.5) is 0 Å². The van der Waals surface area contributed by atoms with Gasteiger partial charge in [0.05, 0.1) is 5.69 Å². The van der Waals surface area contributed by atoms with Crippen LogP contribution in [0.5, 0.6) is 0 Å². The summed E-state index contributed by atoms with van der Waals surface area (Å²) in [5, 5.41) is 3.15. The van der Waals surface area contributed by atoms with E-state index in [-0.39, 0.29) is 24.3 Å². The van der Waals surface area contributed by atoms with Gasteiger partial charge in [0.15, 0.2) is 0 Å². The number of nitrogens with zero attached hydrogens (tertiary/aromatic N) is 1. The third-order valence-corrected chi connectivity index (χ3v) is 5.22. The zero-order chi connectivity index (χ0) is 17.8. The van der Waals surface area contributed by atoms with Gasteiger partial charge in [0.25, 0.3) is 0 Å². The molecule has 0 radical (unpaired) electrons. The Bertz CT molecular complexity index is 763. The van der Waals surface area contributed by atoms with Gasteiger partial charge in [0.2, 0.25) is 11.7 Å². The molecule has 2 unspecified atom stereocenters. The Morgan fingerprint density at radius 3 is 2.64 bits per heavy atom. The molecule has 1 aliphatic rings. The SMILES string of the molecule is Cc1ccccc1C(=O)c1cccn1CC(=O)NC1CCCCC1C. The standard InChI is InChI=1S/C21H26N2O2/c1-15-8-3-5-10-17(15)21(25)19-12-7-13-23(19)14-20(24)22-18-11-6-4-9-16(18)2/h3,5,7-8,10,12-13,16,18H,4,6,9,11,14H2,1-2H3,(H,22,24). The molecular formula is C21H26N2O2. The van der Waals surface area contributed by atoms with Crippen LogP contribution in [0.1, 0.15) is 54.2 Å². The number of aromatic nitrogens is 1. The van der Waals surface area contributed by atoms with Crippen molar-refractivity contribution >= 4 is 11.7 Å². The van der Waals surface area contributed by atoms with Crippen LogP contribution >= 0.6 is 0 Å². The summed E-state index contributed by atoms with van der Waals surface area (Å²) >= 11 is 0. The van der Waals surface area contributed by atoms with Gasteiger partial charge >= 0.3 is 0 Å². The van der Waals surface area contributed by atoms with Gasteiger partial charge in [-0.1, -0.05) is 44.0 Å². The van der Waals surface area contributed by atoms with E-state index < -0.39 is 0 Å². The highest BCUT2D eigenvalue weighted by molar-refractivity contribution is 6.09. The average molecular weight is 338 g/mol. The van der Waals surface area contributed by atoms with E-state index in [4.69, 9.17) is 0 Å². The minimum Gasteiger partial charge on any atom is -0.352 e. The lowest BCUT2D eigenvalue weighted by Gasteiger charge is -2.29. The highest BCUT2D eigenvalue weighted by Gasteiger charge is 2.23. The van der Waals surface area contributed by atoms with Crippen LogP contribution in [-0.2, 0) is 11.3 Å². The van der Waals surface area contributed by atoms with Gasteiger partial charge in [-0.2, -0.15) is 0 Å². The molecule has 3 rings (SSSR count). The molecule has 2 atom stereocenters. The number of aryl methyl sites for hydroxylation is 1. The van der Waals surface area contributed by atoms with E-state index in [1.54, 1.807) is 16.8 Å². The van der Waals surface area contributed by atoms with Gasteiger partial charge in [-0.3, -0.25) is 9.59 Å². The number of hydrogen-bond donors (Lipinski definition) is 1. The van der Waals surface area contributed by atoms with Crippen molar-refractivity contribution in [2.24, 2.45) is 5.92 Å². The van der Waals surface area contributed by atoms with Crippen molar-refractivity contribution in [2.75, 3.05) is 0 Å². The minimum absolute atomic E-state index is 0.0196. The molecule has 25 heavy (non-hydrogen) atoms. The second-order valence-electron chi connectivity index (χ2n) is 7.10. The number of rotatable bonds is 5. The monoisotopic (exact) mass is 338 g/mol. The first-order chi connectivity index (χ1) is 12.1. The molecular weight excluding hydrogens is 312 g/mol. The zero-order valence-corrected chi connectivity index (χ0v) is 15.0. The molecule has 1 saturated carbocycles. The van der Waals surface area contributed by atoms with Gasteiger partial charge in [0, 0.05) is 17.8 Å². The van der Waals surface area contributed by atoms with E-state index in [0.717, 1.165) is 12.0 Å². The van der Waals surface area contributed by atoms with Crippen molar-refractivity contribution in [3.63, 3.8) is 0 Å². The summed E-state index contributed by atoms with van der Waals surface area (Å²) < 4.78 is 1.75. The fraction of sp³-hybridized carbons (Fsp3) is 0.429. The number of nitrogens with one attached hydrogen (secondary N) is 1. The predicted molar refractivity (Wildman–Crippen MR) is 98.6 cm³/mol. The van der Waals surface area contributed by atoms with Crippen molar-refractivity contribution in [3.05, 3.63) is 59.4 Å². The molecule has 1 amide bonds. The first-order valence-corrected chi connectivity index (χ1v) is 9.11. The van der Waals surface area contributed by atoms with E-state index in [1.165, 1.54) is 19.3 Å². The summed E-state index contributed by atoms with van der Waals surface area (Å²) in [5.74, 6) is 0.464. The lowest BCUT2D eigenvalue weighted by Crippen LogP contribution is -2.42. The molecule has 4 nitrogen and oxygen atoms in total. The Hall–Kier alpha value is -2.36. The summed E-state index contributed by atoms with van der Waals surface area (Å²) in [4.78, 5) is 25.3. The van der Waals surface area contributed by atoms with Crippen LogP contribution < -0.4 is 5.32 Å². The second-order valence-corrected chi connectivity index (χ2v) is 7.10. The highest BCUT2D eigenvalue weighted by Crippen LogP contribution is 2.23. The molecule has 1 aromatic carbocycles. The summed E-state index contributed by atoms with van der Waals surface area (Å²) in [6, 6.07) is 11.4. The maximum atomic E-state index is 12.8. The minimum atomic E-state index is -0.0399. The smallest absolute Gasteiger partial charge is 0.240 e. The van der Waals surface area contributed by atoms with Crippen molar-refractivity contribution in [1.29, 1.82) is 0 Å². The Morgan fingerprint density at radius 1 is 1.12 bits per heavy atom. The van der Waals surface area contributed by atoms with Gasteiger partial charge in [-0.15, -0.1) is 0 Å². The largest absolute Gasteiger partial charge is 0.352 e. The van der Waals surface area contributed by atoms with Crippen molar-refractivity contribution in [2.45, 2.75) is 52.1 Å².